The van der Waals surface area contributed by atoms with Gasteiger partial charge in [0.2, 0.25) is 0 Å². The van der Waals surface area contributed by atoms with Crippen molar-refractivity contribution < 1.29 is 13.5 Å². The highest BCUT2D eigenvalue weighted by molar-refractivity contribution is 5.83. The molecule has 0 N–H and O–H groups in total. The summed E-state index contributed by atoms with van der Waals surface area (Å²) < 4.78 is 35.3. The van der Waals surface area contributed by atoms with E-state index in [-0.39, 0.29) is 5.82 Å². The highest BCUT2D eigenvalue weighted by atomic mass is 19.1. The van der Waals surface area contributed by atoms with Gasteiger partial charge in [-0.3, -0.25) is 0 Å². The monoisotopic (exact) mass is 427 g/mol. The average molecular weight is 427 g/mol. The van der Waals surface area contributed by atoms with Crippen LogP contribution in [0.4, 0.5) is 8.78 Å². The van der Waals surface area contributed by atoms with E-state index < -0.39 is 5.82 Å². The third-order valence-electron chi connectivity index (χ3n) is 5.25. The van der Waals surface area contributed by atoms with Crippen LogP contribution in [-0.4, -0.2) is 15.0 Å². The number of benzene rings is 4. The number of ether oxygens (including phenoxy) is 1. The van der Waals surface area contributed by atoms with Crippen LogP contribution in [0.15, 0.2) is 91.0 Å². The fraction of sp³-hybridized carbons (Fsp3) is 0.0769. The molecule has 0 aliphatic heterocycles. The lowest BCUT2D eigenvalue weighted by molar-refractivity contribution is 0.107. The van der Waals surface area contributed by atoms with Gasteiger partial charge in [0, 0.05) is 11.6 Å². The first-order valence-electron chi connectivity index (χ1n) is 10.2. The molecule has 0 spiro atoms. The molecule has 4 nitrogen and oxygen atoms in total. The summed E-state index contributed by atoms with van der Waals surface area (Å²) in [6.07, 6.45) is 0. The van der Waals surface area contributed by atoms with E-state index in [1.165, 1.54) is 18.2 Å². The van der Waals surface area contributed by atoms with E-state index in [1.54, 1.807) is 22.9 Å². The summed E-state index contributed by atoms with van der Waals surface area (Å²) >= 11 is 0. The molecule has 5 rings (SSSR count). The van der Waals surface area contributed by atoms with Crippen molar-refractivity contribution in [3.63, 3.8) is 0 Å². The normalized spacial score (nSPS) is 11.2. The minimum atomic E-state index is -0.429. The zero-order valence-electron chi connectivity index (χ0n) is 17.1. The molecule has 5 aromatic rings. The van der Waals surface area contributed by atoms with Gasteiger partial charge in [-0.15, -0.1) is 5.10 Å². The molecule has 0 atom stereocenters. The van der Waals surface area contributed by atoms with Gasteiger partial charge < -0.3 is 4.74 Å². The molecule has 1 heterocycles. The fourth-order valence-corrected chi connectivity index (χ4v) is 3.58. The van der Waals surface area contributed by atoms with Gasteiger partial charge in [0.1, 0.15) is 17.2 Å². The van der Waals surface area contributed by atoms with Crippen LogP contribution in [0.5, 0.6) is 0 Å². The third-order valence-corrected chi connectivity index (χ3v) is 5.25. The van der Waals surface area contributed by atoms with Crippen molar-refractivity contribution >= 4 is 11.0 Å². The molecule has 0 saturated heterocycles. The van der Waals surface area contributed by atoms with Gasteiger partial charge in [-0.2, -0.15) is 0 Å². The Morgan fingerprint density at radius 1 is 0.750 bits per heavy atom. The number of hydrogen-bond donors (Lipinski definition) is 0. The lowest BCUT2D eigenvalue weighted by Crippen LogP contribution is -1.98. The van der Waals surface area contributed by atoms with E-state index in [0.717, 1.165) is 16.8 Å². The second-order valence-electron chi connectivity index (χ2n) is 7.47. The number of halogens is 2. The zero-order valence-corrected chi connectivity index (χ0v) is 17.1. The number of hydrogen-bond acceptors (Lipinski definition) is 3. The van der Waals surface area contributed by atoms with Gasteiger partial charge in [-0.25, -0.2) is 13.5 Å². The molecule has 158 valence electrons. The third kappa shape index (κ3) is 4.13. The second kappa shape index (κ2) is 8.69. The van der Waals surface area contributed by atoms with Gasteiger partial charge in [-0.1, -0.05) is 59.8 Å². The Balaban J connectivity index is 1.38. The highest BCUT2D eigenvalue weighted by Gasteiger charge is 2.13. The first kappa shape index (κ1) is 20.0. The number of fused-ring (bicyclic) bond motifs is 1. The summed E-state index contributed by atoms with van der Waals surface area (Å²) in [7, 11) is 0. The summed E-state index contributed by atoms with van der Waals surface area (Å²) in [6.45, 7) is 1.04. The van der Waals surface area contributed by atoms with Crippen LogP contribution in [0.2, 0.25) is 0 Å². The van der Waals surface area contributed by atoms with Crippen molar-refractivity contribution in [2.24, 2.45) is 0 Å². The van der Waals surface area contributed by atoms with Crippen LogP contribution in [-0.2, 0) is 18.0 Å². The van der Waals surface area contributed by atoms with Gasteiger partial charge in [0.15, 0.2) is 0 Å². The maximum absolute atomic E-state index is 14.6. The molecule has 1 aromatic heterocycles. The summed E-state index contributed by atoms with van der Waals surface area (Å²) in [5, 5.41) is 8.29. The molecule has 4 aromatic carbocycles. The smallest absolute Gasteiger partial charge is 0.133 e. The SMILES string of the molecule is Fc1ccc(-c2cc3c(cc2F)nnn3-c2ccc(COCc3ccccc3)cc2)cc1. The van der Waals surface area contributed by atoms with Crippen molar-refractivity contribution in [2.75, 3.05) is 0 Å². The van der Waals surface area contributed by atoms with Crippen molar-refractivity contribution in [3.8, 4) is 16.8 Å². The van der Waals surface area contributed by atoms with Crippen LogP contribution in [0.25, 0.3) is 27.8 Å². The van der Waals surface area contributed by atoms with Crippen LogP contribution in [0, 0.1) is 11.6 Å². The van der Waals surface area contributed by atoms with Gasteiger partial charge >= 0.3 is 0 Å². The quantitative estimate of drug-likeness (QED) is 0.330. The van der Waals surface area contributed by atoms with E-state index >= 15 is 0 Å². The van der Waals surface area contributed by atoms with E-state index in [0.29, 0.717) is 35.4 Å². The predicted molar refractivity (Wildman–Crippen MR) is 119 cm³/mol. The number of aromatic nitrogens is 3. The van der Waals surface area contributed by atoms with Crippen molar-refractivity contribution in [2.45, 2.75) is 13.2 Å². The topological polar surface area (TPSA) is 39.9 Å². The first-order valence-corrected chi connectivity index (χ1v) is 10.2. The molecule has 0 amide bonds. The standard InChI is InChI=1S/C26H19F2N3O/c27-21-10-8-20(9-11-21)23-14-26-25(15-24(23)28)29-30-31(26)22-12-6-19(7-13-22)17-32-16-18-4-2-1-3-5-18/h1-15H,16-17H2. The Morgan fingerprint density at radius 2 is 1.44 bits per heavy atom. The minimum Gasteiger partial charge on any atom is -0.372 e. The lowest BCUT2D eigenvalue weighted by atomic mass is 10.0. The van der Waals surface area contributed by atoms with Gasteiger partial charge in [0.05, 0.1) is 24.4 Å². The number of rotatable bonds is 6. The maximum atomic E-state index is 14.6. The molecular weight excluding hydrogens is 408 g/mol. The Morgan fingerprint density at radius 3 is 2.16 bits per heavy atom. The molecular formula is C26H19F2N3O. The predicted octanol–water partition coefficient (Wildman–Crippen LogP) is 6.08. The van der Waals surface area contributed by atoms with Crippen molar-refractivity contribution in [1.82, 2.24) is 15.0 Å². The van der Waals surface area contributed by atoms with Crippen LogP contribution >= 0.6 is 0 Å². The molecule has 0 unspecified atom stereocenters. The molecule has 0 bridgehead atoms. The molecule has 0 aliphatic carbocycles. The maximum Gasteiger partial charge on any atom is 0.133 e. The van der Waals surface area contributed by atoms with E-state index in [1.807, 2.05) is 54.6 Å². The Hall–Kier alpha value is -3.90. The summed E-state index contributed by atoms with van der Waals surface area (Å²) in [5.41, 5.74) is 5.03. The zero-order chi connectivity index (χ0) is 21.9. The molecule has 0 aliphatic rings. The molecule has 0 radical (unpaired) electrons. The largest absolute Gasteiger partial charge is 0.372 e. The summed E-state index contributed by atoms with van der Waals surface area (Å²) in [4.78, 5) is 0. The average Bonchev–Trinajstić information content (AvgIpc) is 3.23. The van der Waals surface area contributed by atoms with Crippen LogP contribution < -0.4 is 0 Å². The molecule has 0 fully saturated rings. The fourth-order valence-electron chi connectivity index (χ4n) is 3.58. The van der Waals surface area contributed by atoms with Gasteiger partial charge in [0.25, 0.3) is 0 Å². The second-order valence-corrected chi connectivity index (χ2v) is 7.47. The van der Waals surface area contributed by atoms with Gasteiger partial charge in [-0.05, 0) is 47.0 Å². The summed E-state index contributed by atoms with van der Waals surface area (Å²) in [6, 6.07) is 26.6. The van der Waals surface area contributed by atoms with E-state index in [9.17, 15) is 8.78 Å². The molecule has 0 saturated carbocycles. The Bertz CT molecular complexity index is 1350. The first-order chi connectivity index (χ1) is 15.7. The molecule has 32 heavy (non-hydrogen) atoms. The van der Waals surface area contributed by atoms with E-state index in [4.69, 9.17) is 4.74 Å². The van der Waals surface area contributed by atoms with Crippen molar-refractivity contribution in [3.05, 3.63) is 114 Å². The lowest BCUT2D eigenvalue weighted by Gasteiger charge is -2.08. The van der Waals surface area contributed by atoms with Crippen LogP contribution in [0.1, 0.15) is 11.1 Å². The minimum absolute atomic E-state index is 0.366. The summed E-state index contributed by atoms with van der Waals surface area (Å²) in [5.74, 6) is -0.795. The van der Waals surface area contributed by atoms with E-state index in [2.05, 4.69) is 10.3 Å². The van der Waals surface area contributed by atoms with Crippen molar-refractivity contribution in [1.29, 1.82) is 0 Å². The highest BCUT2D eigenvalue weighted by Crippen LogP contribution is 2.28. The number of nitrogens with zero attached hydrogens (tertiary/aromatic N) is 3. The Kier molecular flexibility index (Phi) is 5.44. The molecule has 6 heteroatoms. The van der Waals surface area contributed by atoms with Crippen LogP contribution in [0.3, 0.4) is 0 Å². The Labute approximate surface area is 183 Å².